The summed E-state index contributed by atoms with van der Waals surface area (Å²) in [6.07, 6.45) is 5.33. The Bertz CT molecular complexity index is 2770. The summed E-state index contributed by atoms with van der Waals surface area (Å²) in [6, 6.07) is 19.6. The van der Waals surface area contributed by atoms with Gasteiger partial charge in [0.05, 0.1) is 55.2 Å². The minimum atomic E-state index is -1.36. The zero-order valence-corrected chi connectivity index (χ0v) is 40.5. The molecule has 15 nitrogen and oxygen atoms in total. The maximum absolute atomic E-state index is 16.2. The molecule has 4 heterocycles. The number of allylic oxidation sites excluding steroid dienone is 1. The molecule has 9 rings (SSSR count). The number of ketones is 1. The van der Waals surface area contributed by atoms with Gasteiger partial charge in [-0.05, 0) is 97.8 Å². The lowest BCUT2D eigenvalue weighted by atomic mass is 9.55. The molecule has 4 aliphatic heterocycles. The van der Waals surface area contributed by atoms with E-state index in [-0.39, 0.29) is 39.8 Å². The quantitative estimate of drug-likeness (QED) is 0.0348. The van der Waals surface area contributed by atoms with E-state index < -0.39 is 58.4 Å². The minimum Gasteiger partial charge on any atom is -0.382 e. The Morgan fingerprint density at radius 1 is 0.831 bits per heavy atom. The van der Waals surface area contributed by atoms with E-state index in [1.54, 1.807) is 66.7 Å². The topological polar surface area (TPSA) is 194 Å². The van der Waals surface area contributed by atoms with Crippen LogP contribution in [-0.4, -0.2) is 104 Å². The van der Waals surface area contributed by atoms with Gasteiger partial charge in [0.2, 0.25) is 17.7 Å². The second-order valence-corrected chi connectivity index (χ2v) is 19.4. The third-order valence-corrected chi connectivity index (χ3v) is 14.9. The predicted molar refractivity (Wildman–Crippen MR) is 265 cm³/mol. The standard InChI is InChI=1S/C53H55Cl2FN6O9/c1-31-13-20-41(47(64)58-31)62-49(66)35-8-6-11-39(43(35)50(62)67)57-23-25-70-27-29-71-28-26-69-24-7-12-42(63)32-14-17-34(18-15-32)59-48(65)46-44(36-9-5-10-38(55)45(36)56)53(52(61-46)21-3-2-4-22-52)37-19-16-33(54)30-40(37)60-51(53)68/h5-6,8-11,14-19,30,41,44,46,57,61H,1-4,7,12-13,20-29H2,(H,58,64)(H,59,65)(H,60,68)/t41?,44-,46+,53+/m0/s1. The van der Waals surface area contributed by atoms with Gasteiger partial charge in [0.1, 0.15) is 17.3 Å². The fraction of sp³-hybridized carbons (Fsp3) is 0.396. The molecule has 372 valence electrons. The molecule has 1 saturated carbocycles. The smallest absolute Gasteiger partial charge is 0.264 e. The highest BCUT2D eigenvalue weighted by Gasteiger charge is 2.72. The van der Waals surface area contributed by atoms with Crippen LogP contribution in [0.5, 0.6) is 0 Å². The van der Waals surface area contributed by atoms with Crippen molar-refractivity contribution < 1.29 is 47.4 Å². The Morgan fingerprint density at radius 2 is 1.55 bits per heavy atom. The molecule has 0 radical (unpaired) electrons. The van der Waals surface area contributed by atoms with Crippen molar-refractivity contribution >= 4 is 75.6 Å². The maximum Gasteiger partial charge on any atom is 0.264 e. The molecule has 0 bridgehead atoms. The molecule has 71 heavy (non-hydrogen) atoms. The van der Waals surface area contributed by atoms with Gasteiger partial charge in [-0.25, -0.2) is 4.39 Å². The molecule has 3 fully saturated rings. The molecule has 2 spiro atoms. The third-order valence-electron chi connectivity index (χ3n) is 14.4. The lowest BCUT2D eigenvalue weighted by Gasteiger charge is -2.47. The van der Waals surface area contributed by atoms with Crippen LogP contribution in [0.15, 0.2) is 91.1 Å². The number of fused-ring (bicyclic) bond motifs is 4. The number of halogens is 3. The monoisotopic (exact) mass is 1010 g/mol. The van der Waals surface area contributed by atoms with Gasteiger partial charge in [0.15, 0.2) is 5.78 Å². The number of nitrogens with zero attached hydrogens (tertiary/aromatic N) is 1. The van der Waals surface area contributed by atoms with E-state index in [4.69, 9.17) is 37.4 Å². The first-order valence-electron chi connectivity index (χ1n) is 24.1. The molecule has 0 aromatic heterocycles. The molecule has 18 heteroatoms. The highest BCUT2D eigenvalue weighted by Crippen LogP contribution is 2.63. The molecule has 5 N–H and O–H groups in total. The van der Waals surface area contributed by atoms with Crippen LogP contribution in [0.3, 0.4) is 0 Å². The van der Waals surface area contributed by atoms with Crippen molar-refractivity contribution in [1.29, 1.82) is 0 Å². The summed E-state index contributed by atoms with van der Waals surface area (Å²) in [5.74, 6) is -3.94. The van der Waals surface area contributed by atoms with Crippen molar-refractivity contribution in [2.75, 3.05) is 62.1 Å². The first kappa shape index (κ1) is 50.0. The molecule has 4 aromatic carbocycles. The van der Waals surface area contributed by atoms with Crippen LogP contribution in [0.4, 0.5) is 21.5 Å². The zero-order chi connectivity index (χ0) is 49.9. The molecule has 4 atom stereocenters. The Kier molecular flexibility index (Phi) is 15.0. The Morgan fingerprint density at radius 3 is 2.30 bits per heavy atom. The van der Waals surface area contributed by atoms with E-state index in [0.29, 0.717) is 117 Å². The van der Waals surface area contributed by atoms with E-state index >= 15 is 4.39 Å². The van der Waals surface area contributed by atoms with Crippen LogP contribution in [0.25, 0.3) is 0 Å². The Hall–Kier alpha value is -6.01. The summed E-state index contributed by atoms with van der Waals surface area (Å²) in [5, 5.41) is 15.8. The van der Waals surface area contributed by atoms with Crippen LogP contribution < -0.4 is 26.6 Å². The number of anilines is 3. The van der Waals surface area contributed by atoms with Crippen LogP contribution >= 0.6 is 23.2 Å². The summed E-state index contributed by atoms with van der Waals surface area (Å²) < 4.78 is 33.2. The number of nitrogens with one attached hydrogen (secondary N) is 5. The highest BCUT2D eigenvalue weighted by molar-refractivity contribution is 6.31. The second kappa shape index (κ2) is 21.4. The van der Waals surface area contributed by atoms with Gasteiger partial charge < -0.3 is 35.5 Å². The molecule has 4 aromatic rings. The van der Waals surface area contributed by atoms with E-state index in [9.17, 15) is 28.8 Å². The number of rotatable bonds is 19. The SMILES string of the molecule is C=C1CCC(N2C(=O)c3cccc(NCCOCCOCCOCCCC(=O)c4ccc(NC(=O)[C@@H]5NC6(CCCCC6)[C@@]6(C(=O)Nc7cc(Cl)ccc76)[C@H]5c5cccc(Cl)c5F)cc4)c3C2=O)C(=O)N1. The first-order valence-corrected chi connectivity index (χ1v) is 24.8. The highest BCUT2D eigenvalue weighted by atomic mass is 35.5. The fourth-order valence-electron chi connectivity index (χ4n) is 11.2. The van der Waals surface area contributed by atoms with E-state index in [1.807, 2.05) is 6.07 Å². The number of piperidine rings is 1. The van der Waals surface area contributed by atoms with Crippen LogP contribution in [0, 0.1) is 5.82 Å². The van der Waals surface area contributed by atoms with E-state index in [0.717, 1.165) is 24.2 Å². The van der Waals surface area contributed by atoms with Crippen molar-refractivity contribution in [3.8, 4) is 0 Å². The van der Waals surface area contributed by atoms with Gasteiger partial charge in [-0.15, -0.1) is 0 Å². The summed E-state index contributed by atoms with van der Waals surface area (Å²) in [7, 11) is 0. The number of ether oxygens (including phenoxy) is 3. The average molecular weight is 1010 g/mol. The van der Waals surface area contributed by atoms with Crippen LogP contribution in [-0.2, 0) is 34.0 Å². The number of Topliss-reactive ketones (excluding diaryl/α,β-unsaturated/α-hetero) is 1. The number of amides is 5. The molecule has 2 saturated heterocycles. The van der Waals surface area contributed by atoms with E-state index in [2.05, 4.69) is 33.2 Å². The predicted octanol–water partition coefficient (Wildman–Crippen LogP) is 7.93. The molecule has 5 amide bonds. The van der Waals surface area contributed by atoms with Crippen molar-refractivity contribution in [3.05, 3.63) is 135 Å². The number of benzene rings is 4. The fourth-order valence-corrected chi connectivity index (χ4v) is 11.6. The average Bonchev–Trinajstić information content (AvgIpc) is 3.91. The molecule has 5 aliphatic rings. The number of carbonyl (C=O) groups excluding carboxylic acids is 6. The number of imide groups is 1. The van der Waals surface area contributed by atoms with Gasteiger partial charge in [-0.1, -0.05) is 73.3 Å². The molecular weight excluding hydrogens is 955 g/mol. The minimum absolute atomic E-state index is 0.0883. The maximum atomic E-state index is 16.2. The lowest BCUT2D eigenvalue weighted by molar-refractivity contribution is -0.125. The van der Waals surface area contributed by atoms with Gasteiger partial charge in [-0.2, -0.15) is 0 Å². The lowest BCUT2D eigenvalue weighted by Crippen LogP contribution is -2.60. The van der Waals surface area contributed by atoms with Crippen molar-refractivity contribution in [2.45, 2.75) is 86.7 Å². The zero-order valence-electron chi connectivity index (χ0n) is 39.0. The number of hydrogen-bond donors (Lipinski definition) is 5. The Balaban J connectivity index is 0.705. The summed E-state index contributed by atoms with van der Waals surface area (Å²) in [6.45, 7) is 6.12. The summed E-state index contributed by atoms with van der Waals surface area (Å²) >= 11 is 12.8. The van der Waals surface area contributed by atoms with Crippen molar-refractivity contribution in [3.63, 3.8) is 0 Å². The van der Waals surface area contributed by atoms with Gasteiger partial charge in [0, 0.05) is 64.4 Å². The van der Waals surface area contributed by atoms with E-state index in [1.165, 1.54) is 6.07 Å². The third kappa shape index (κ3) is 9.61. The first-order chi connectivity index (χ1) is 34.3. The normalized spacial score (nSPS) is 22.2. The molecule has 1 unspecified atom stereocenters. The van der Waals surface area contributed by atoms with Crippen molar-refractivity contribution in [2.24, 2.45) is 0 Å². The van der Waals surface area contributed by atoms with Crippen LogP contribution in [0.1, 0.15) is 106 Å². The summed E-state index contributed by atoms with van der Waals surface area (Å²) in [5.41, 5.74) is 1.58. The van der Waals surface area contributed by atoms with Crippen LogP contribution in [0.2, 0.25) is 10.0 Å². The van der Waals surface area contributed by atoms with Crippen molar-refractivity contribution in [1.82, 2.24) is 15.5 Å². The van der Waals surface area contributed by atoms with Gasteiger partial charge >= 0.3 is 0 Å². The Labute approximate surface area is 420 Å². The number of carbonyl (C=O) groups is 6. The second-order valence-electron chi connectivity index (χ2n) is 18.6. The van der Waals surface area contributed by atoms with Gasteiger partial charge in [-0.3, -0.25) is 39.0 Å². The molecular formula is C53H55Cl2FN6O9. The molecule has 1 aliphatic carbocycles. The van der Waals surface area contributed by atoms with Gasteiger partial charge in [0.25, 0.3) is 11.8 Å². The summed E-state index contributed by atoms with van der Waals surface area (Å²) in [4.78, 5) is 82.3. The largest absolute Gasteiger partial charge is 0.382 e. The number of hydrogen-bond acceptors (Lipinski definition) is 11.